The molecule has 2 heterocycles. The second-order valence-corrected chi connectivity index (χ2v) is 8.20. The molecule has 2 unspecified atom stereocenters. The van der Waals surface area contributed by atoms with Crippen LogP contribution in [-0.4, -0.2) is 52.3 Å². The van der Waals surface area contributed by atoms with E-state index in [0.717, 1.165) is 19.5 Å². The van der Waals surface area contributed by atoms with Gasteiger partial charge in [0, 0.05) is 29.6 Å². The highest BCUT2D eigenvalue weighted by molar-refractivity contribution is 5.84. The number of piperidine rings is 2. The number of hydrogen-bond donors (Lipinski definition) is 0. The molecule has 110 valence electrons. The summed E-state index contributed by atoms with van der Waals surface area (Å²) in [5.41, 5.74) is 0.242. The average Bonchev–Trinajstić information content (AvgIpc) is 2.25. The summed E-state index contributed by atoms with van der Waals surface area (Å²) in [7, 11) is 0. The molecule has 0 aromatic carbocycles. The van der Waals surface area contributed by atoms with E-state index in [2.05, 4.69) is 51.3 Å². The molecule has 0 aromatic rings. The predicted octanol–water partition coefficient (Wildman–Crippen LogP) is 2.55. The number of hydrogen-bond acceptors (Lipinski definition) is 3. The van der Waals surface area contributed by atoms with Crippen molar-refractivity contribution >= 4 is 5.78 Å². The Hall–Kier alpha value is -0.410. The Morgan fingerprint density at radius 2 is 1.68 bits per heavy atom. The van der Waals surface area contributed by atoms with Crippen LogP contribution >= 0.6 is 0 Å². The fourth-order valence-electron chi connectivity index (χ4n) is 3.60. The van der Waals surface area contributed by atoms with Gasteiger partial charge in [-0.15, -0.1) is 0 Å². The summed E-state index contributed by atoms with van der Waals surface area (Å²) in [6, 6.07) is 0.411. The van der Waals surface area contributed by atoms with E-state index in [1.165, 1.54) is 6.42 Å². The van der Waals surface area contributed by atoms with Gasteiger partial charge in [-0.2, -0.15) is 0 Å². The highest BCUT2D eigenvalue weighted by atomic mass is 16.1. The normalized spacial score (nSPS) is 31.4. The number of nitrogens with zero attached hydrogens (tertiary/aromatic N) is 2. The molecule has 2 atom stereocenters. The first-order valence-corrected chi connectivity index (χ1v) is 7.65. The summed E-state index contributed by atoms with van der Waals surface area (Å²) in [4.78, 5) is 17.4. The van der Waals surface area contributed by atoms with Crippen molar-refractivity contribution < 1.29 is 4.79 Å². The third-order valence-electron chi connectivity index (χ3n) is 4.76. The molecule has 2 saturated heterocycles. The Labute approximate surface area is 118 Å². The molecule has 2 aliphatic heterocycles. The van der Waals surface area contributed by atoms with E-state index in [-0.39, 0.29) is 17.0 Å². The molecule has 3 nitrogen and oxygen atoms in total. The molecule has 0 N–H and O–H groups in total. The van der Waals surface area contributed by atoms with E-state index in [9.17, 15) is 4.79 Å². The van der Waals surface area contributed by atoms with Gasteiger partial charge in [0.15, 0.2) is 5.78 Å². The largest absolute Gasteiger partial charge is 0.298 e. The number of rotatable bonds is 0. The zero-order valence-corrected chi connectivity index (χ0v) is 13.5. The summed E-state index contributed by atoms with van der Waals surface area (Å²) in [6.07, 6.45) is 2.26. The molecule has 0 amide bonds. The van der Waals surface area contributed by atoms with Gasteiger partial charge in [0.05, 0.1) is 6.54 Å². The number of ketones is 1. The summed E-state index contributed by atoms with van der Waals surface area (Å²) >= 11 is 0. The Morgan fingerprint density at radius 1 is 1.05 bits per heavy atom. The van der Waals surface area contributed by atoms with Crippen molar-refractivity contribution in [1.82, 2.24) is 9.80 Å². The van der Waals surface area contributed by atoms with E-state index in [1.807, 2.05) is 0 Å². The minimum absolute atomic E-state index is 0.0850. The molecule has 0 spiro atoms. The molecule has 2 rings (SSSR count). The van der Waals surface area contributed by atoms with Gasteiger partial charge in [0.2, 0.25) is 0 Å². The molecule has 2 aliphatic rings. The van der Waals surface area contributed by atoms with E-state index in [0.29, 0.717) is 18.4 Å². The van der Waals surface area contributed by atoms with Crippen LogP contribution in [0.25, 0.3) is 0 Å². The highest BCUT2D eigenvalue weighted by Crippen LogP contribution is 2.35. The van der Waals surface area contributed by atoms with E-state index in [4.69, 9.17) is 0 Å². The van der Waals surface area contributed by atoms with E-state index >= 15 is 0 Å². The van der Waals surface area contributed by atoms with E-state index < -0.39 is 0 Å². The summed E-state index contributed by atoms with van der Waals surface area (Å²) in [6.45, 7) is 16.3. The van der Waals surface area contributed by atoms with Crippen LogP contribution in [0.15, 0.2) is 0 Å². The van der Waals surface area contributed by atoms with Gasteiger partial charge in [-0.1, -0.05) is 0 Å². The van der Waals surface area contributed by atoms with Crippen LogP contribution in [0.2, 0.25) is 0 Å². The molecule has 0 aliphatic carbocycles. The third kappa shape index (κ3) is 3.03. The molecule has 0 bridgehead atoms. The van der Waals surface area contributed by atoms with Crippen molar-refractivity contribution in [3.8, 4) is 0 Å². The Kier molecular flexibility index (Phi) is 3.83. The van der Waals surface area contributed by atoms with Crippen molar-refractivity contribution in [3.63, 3.8) is 0 Å². The van der Waals surface area contributed by atoms with Crippen molar-refractivity contribution in [2.24, 2.45) is 5.92 Å². The van der Waals surface area contributed by atoms with Gasteiger partial charge >= 0.3 is 0 Å². The fourth-order valence-corrected chi connectivity index (χ4v) is 3.60. The third-order valence-corrected chi connectivity index (χ3v) is 4.76. The first-order valence-electron chi connectivity index (χ1n) is 7.65. The SMILES string of the molecule is CC(C)(C)N1CC(=O)C2CCCN(C(C)(C)C)C2C1. The zero-order chi connectivity index (χ0) is 14.4. The molecular formula is C16H30N2O. The lowest BCUT2D eigenvalue weighted by molar-refractivity contribution is -0.138. The number of fused-ring (bicyclic) bond motifs is 1. The van der Waals surface area contributed by atoms with Crippen molar-refractivity contribution in [2.75, 3.05) is 19.6 Å². The first kappa shape index (κ1) is 15.0. The molecule has 0 aromatic heterocycles. The zero-order valence-electron chi connectivity index (χ0n) is 13.5. The molecule has 3 heteroatoms. The van der Waals surface area contributed by atoms with Crippen LogP contribution in [0.5, 0.6) is 0 Å². The molecule has 19 heavy (non-hydrogen) atoms. The topological polar surface area (TPSA) is 23.6 Å². The lowest BCUT2D eigenvalue weighted by Gasteiger charge is -2.53. The number of likely N-dealkylation sites (tertiary alicyclic amines) is 2. The standard InChI is InChI=1S/C16H30N2O/c1-15(2,3)17-10-13-12(14(19)11-17)8-7-9-18(13)16(4,5)6/h12-13H,7-11H2,1-6H3. The van der Waals surface area contributed by atoms with Gasteiger partial charge < -0.3 is 0 Å². The number of Topliss-reactive ketones (excluding diaryl/α,β-unsaturated/α-hetero) is 1. The van der Waals surface area contributed by atoms with Crippen LogP contribution in [-0.2, 0) is 4.79 Å². The summed E-state index contributed by atoms with van der Waals surface area (Å²) < 4.78 is 0. The molecule has 0 saturated carbocycles. The van der Waals surface area contributed by atoms with Gasteiger partial charge in [-0.3, -0.25) is 14.6 Å². The van der Waals surface area contributed by atoms with Crippen LogP contribution in [0.3, 0.4) is 0 Å². The maximum absolute atomic E-state index is 12.5. The van der Waals surface area contributed by atoms with Crippen molar-refractivity contribution in [3.05, 3.63) is 0 Å². The fraction of sp³-hybridized carbons (Fsp3) is 0.938. The van der Waals surface area contributed by atoms with Gasteiger partial charge in [-0.05, 0) is 60.9 Å². The van der Waals surface area contributed by atoms with Crippen LogP contribution in [0.4, 0.5) is 0 Å². The molecular weight excluding hydrogens is 236 g/mol. The lowest BCUT2D eigenvalue weighted by Crippen LogP contribution is -2.65. The molecule has 0 radical (unpaired) electrons. The number of carbonyl (C=O) groups is 1. The highest BCUT2D eigenvalue weighted by Gasteiger charge is 2.45. The Morgan fingerprint density at radius 3 is 2.21 bits per heavy atom. The second-order valence-electron chi connectivity index (χ2n) is 8.20. The smallest absolute Gasteiger partial charge is 0.151 e. The van der Waals surface area contributed by atoms with Crippen molar-refractivity contribution in [2.45, 2.75) is 71.5 Å². The predicted molar refractivity (Wildman–Crippen MR) is 79.3 cm³/mol. The van der Waals surface area contributed by atoms with Crippen LogP contribution < -0.4 is 0 Å². The van der Waals surface area contributed by atoms with Gasteiger partial charge in [0.1, 0.15) is 0 Å². The maximum atomic E-state index is 12.5. The minimum atomic E-state index is 0.0850. The first-order chi connectivity index (χ1) is 8.60. The van der Waals surface area contributed by atoms with Crippen molar-refractivity contribution in [1.29, 1.82) is 0 Å². The van der Waals surface area contributed by atoms with Crippen LogP contribution in [0, 0.1) is 5.92 Å². The average molecular weight is 266 g/mol. The van der Waals surface area contributed by atoms with E-state index in [1.54, 1.807) is 0 Å². The summed E-state index contributed by atoms with van der Waals surface area (Å²) in [5.74, 6) is 0.728. The summed E-state index contributed by atoms with van der Waals surface area (Å²) in [5, 5.41) is 0. The number of carbonyl (C=O) groups excluding carboxylic acids is 1. The molecule has 2 fully saturated rings. The lowest BCUT2D eigenvalue weighted by atomic mass is 9.79. The maximum Gasteiger partial charge on any atom is 0.151 e. The van der Waals surface area contributed by atoms with Gasteiger partial charge in [0.25, 0.3) is 0 Å². The minimum Gasteiger partial charge on any atom is -0.298 e. The monoisotopic (exact) mass is 266 g/mol. The van der Waals surface area contributed by atoms with Gasteiger partial charge in [-0.25, -0.2) is 0 Å². The quantitative estimate of drug-likeness (QED) is 0.673. The second kappa shape index (κ2) is 4.85. The Bertz CT molecular complexity index is 351. The Balaban J connectivity index is 2.24. The van der Waals surface area contributed by atoms with Crippen LogP contribution in [0.1, 0.15) is 54.4 Å².